The second-order valence-corrected chi connectivity index (χ2v) is 5.95. The molecule has 0 saturated heterocycles. The molecule has 4 rings (SSSR count). The Balaban J connectivity index is 1.58. The fourth-order valence-corrected chi connectivity index (χ4v) is 2.99. The molecule has 0 saturated carbocycles. The maximum Gasteiger partial charge on any atom is 0.226 e. The summed E-state index contributed by atoms with van der Waals surface area (Å²) >= 11 is 6.27. The van der Waals surface area contributed by atoms with Crippen LogP contribution in [-0.4, -0.2) is 24.5 Å². The van der Waals surface area contributed by atoms with E-state index >= 15 is 0 Å². The van der Waals surface area contributed by atoms with Crippen LogP contribution in [0.4, 0.5) is 5.95 Å². The number of halogens is 1. The Bertz CT molecular complexity index is 1030. The lowest BCUT2D eigenvalue weighted by molar-refractivity contribution is 0.827. The zero-order valence-electron chi connectivity index (χ0n) is 13.5. The molecule has 0 radical (unpaired) electrons. The van der Waals surface area contributed by atoms with Crippen molar-refractivity contribution < 1.29 is 0 Å². The molecule has 0 unspecified atom stereocenters. The SMILES string of the molecule is Cn1c(CNc2ncnc(-c3ccccc3)n2)nc2cccc(Cl)c21. The topological polar surface area (TPSA) is 68.5 Å². The van der Waals surface area contributed by atoms with E-state index in [1.54, 1.807) is 0 Å². The third-order valence-electron chi connectivity index (χ3n) is 3.95. The molecule has 6 nitrogen and oxygen atoms in total. The molecule has 124 valence electrons. The summed E-state index contributed by atoms with van der Waals surface area (Å²) in [6.45, 7) is 0.486. The molecule has 7 heteroatoms. The highest BCUT2D eigenvalue weighted by Gasteiger charge is 2.11. The Kier molecular flexibility index (Phi) is 4.03. The van der Waals surface area contributed by atoms with Gasteiger partial charge in [-0.15, -0.1) is 0 Å². The van der Waals surface area contributed by atoms with E-state index in [1.165, 1.54) is 6.33 Å². The van der Waals surface area contributed by atoms with E-state index in [2.05, 4.69) is 25.3 Å². The van der Waals surface area contributed by atoms with E-state index in [4.69, 9.17) is 11.6 Å². The Hall–Kier alpha value is -2.99. The minimum Gasteiger partial charge on any atom is -0.347 e. The molecular weight excluding hydrogens is 336 g/mol. The van der Waals surface area contributed by atoms with Gasteiger partial charge in [-0.25, -0.2) is 15.0 Å². The fraction of sp³-hybridized carbons (Fsp3) is 0.111. The Morgan fingerprint density at radius 3 is 2.64 bits per heavy atom. The summed E-state index contributed by atoms with van der Waals surface area (Å²) in [4.78, 5) is 17.5. The summed E-state index contributed by atoms with van der Waals surface area (Å²) in [6, 6.07) is 15.5. The van der Waals surface area contributed by atoms with Crippen LogP contribution in [-0.2, 0) is 13.6 Å². The largest absolute Gasteiger partial charge is 0.347 e. The first-order valence-electron chi connectivity index (χ1n) is 7.80. The van der Waals surface area contributed by atoms with Crippen LogP contribution in [0.15, 0.2) is 54.9 Å². The Morgan fingerprint density at radius 1 is 1.00 bits per heavy atom. The van der Waals surface area contributed by atoms with Gasteiger partial charge >= 0.3 is 0 Å². The first kappa shape index (κ1) is 15.5. The number of hydrogen-bond acceptors (Lipinski definition) is 5. The number of hydrogen-bond donors (Lipinski definition) is 1. The molecule has 1 N–H and O–H groups in total. The van der Waals surface area contributed by atoms with E-state index in [0.717, 1.165) is 22.4 Å². The molecule has 0 aliphatic carbocycles. The van der Waals surface area contributed by atoms with Gasteiger partial charge in [0.05, 0.1) is 22.6 Å². The third-order valence-corrected chi connectivity index (χ3v) is 4.25. The van der Waals surface area contributed by atoms with Crippen molar-refractivity contribution in [2.45, 2.75) is 6.54 Å². The van der Waals surface area contributed by atoms with Gasteiger partial charge < -0.3 is 9.88 Å². The van der Waals surface area contributed by atoms with E-state index in [9.17, 15) is 0 Å². The maximum atomic E-state index is 6.27. The second kappa shape index (κ2) is 6.49. The lowest BCUT2D eigenvalue weighted by Crippen LogP contribution is -2.09. The molecule has 0 aliphatic rings. The van der Waals surface area contributed by atoms with Crippen LogP contribution in [0.2, 0.25) is 5.02 Å². The number of fused-ring (bicyclic) bond motifs is 1. The highest BCUT2D eigenvalue weighted by atomic mass is 35.5. The van der Waals surface area contributed by atoms with Crippen LogP contribution in [0, 0.1) is 0 Å². The number of rotatable bonds is 4. The minimum atomic E-state index is 0.486. The average Bonchev–Trinajstić information content (AvgIpc) is 2.98. The predicted molar refractivity (Wildman–Crippen MR) is 98.3 cm³/mol. The Morgan fingerprint density at radius 2 is 1.84 bits per heavy atom. The molecule has 0 amide bonds. The van der Waals surface area contributed by atoms with Gasteiger partial charge in [0.25, 0.3) is 0 Å². The number of aromatic nitrogens is 5. The van der Waals surface area contributed by atoms with Crippen LogP contribution < -0.4 is 5.32 Å². The number of anilines is 1. The van der Waals surface area contributed by atoms with Gasteiger partial charge in [0.2, 0.25) is 5.95 Å². The molecule has 0 atom stereocenters. The molecule has 4 aromatic rings. The van der Waals surface area contributed by atoms with Crippen LogP contribution in [0.5, 0.6) is 0 Å². The number of aryl methyl sites for hydroxylation is 1. The maximum absolute atomic E-state index is 6.27. The molecule has 0 aliphatic heterocycles. The van der Waals surface area contributed by atoms with Crippen molar-refractivity contribution in [1.29, 1.82) is 0 Å². The minimum absolute atomic E-state index is 0.486. The highest BCUT2D eigenvalue weighted by Crippen LogP contribution is 2.23. The van der Waals surface area contributed by atoms with E-state index in [1.807, 2.05) is 60.1 Å². The second-order valence-electron chi connectivity index (χ2n) is 5.55. The number of benzene rings is 2. The summed E-state index contributed by atoms with van der Waals surface area (Å²) in [5, 5.41) is 3.89. The van der Waals surface area contributed by atoms with Crippen molar-refractivity contribution in [2.75, 3.05) is 5.32 Å². The summed E-state index contributed by atoms with van der Waals surface area (Å²) in [5.74, 6) is 1.99. The van der Waals surface area contributed by atoms with E-state index in [0.29, 0.717) is 23.3 Å². The first-order chi connectivity index (χ1) is 12.2. The lowest BCUT2D eigenvalue weighted by Gasteiger charge is -2.06. The van der Waals surface area contributed by atoms with E-state index in [-0.39, 0.29) is 0 Å². The van der Waals surface area contributed by atoms with Crippen LogP contribution in [0.3, 0.4) is 0 Å². The molecule has 0 bridgehead atoms. The predicted octanol–water partition coefficient (Wildman–Crippen LogP) is 3.69. The summed E-state index contributed by atoms with van der Waals surface area (Å²) in [5.41, 5.74) is 2.73. The lowest BCUT2D eigenvalue weighted by atomic mass is 10.2. The molecule has 25 heavy (non-hydrogen) atoms. The van der Waals surface area contributed by atoms with Crippen molar-refractivity contribution in [2.24, 2.45) is 7.05 Å². The normalized spacial score (nSPS) is 11.0. The number of nitrogens with one attached hydrogen (secondary N) is 1. The zero-order chi connectivity index (χ0) is 17.2. The van der Waals surface area contributed by atoms with Gasteiger partial charge in [0.15, 0.2) is 5.82 Å². The van der Waals surface area contributed by atoms with Crippen LogP contribution >= 0.6 is 11.6 Å². The standard InChI is InChI=1S/C18H15ClN6/c1-25-15(23-14-9-5-8-13(19)16(14)25)10-20-18-22-11-21-17(24-18)12-6-3-2-4-7-12/h2-9,11H,10H2,1H3,(H,20,21,22,24). The quantitative estimate of drug-likeness (QED) is 0.608. The molecule has 0 spiro atoms. The van der Waals surface area contributed by atoms with Gasteiger partial charge in [-0.05, 0) is 12.1 Å². The first-order valence-corrected chi connectivity index (χ1v) is 8.18. The molecule has 2 heterocycles. The van der Waals surface area contributed by atoms with Crippen LogP contribution in [0.1, 0.15) is 5.82 Å². The fourth-order valence-electron chi connectivity index (χ4n) is 2.69. The molecule has 2 aromatic carbocycles. The molecule has 2 aromatic heterocycles. The number of nitrogens with zero attached hydrogens (tertiary/aromatic N) is 5. The highest BCUT2D eigenvalue weighted by molar-refractivity contribution is 6.35. The zero-order valence-corrected chi connectivity index (χ0v) is 14.3. The average molecular weight is 351 g/mol. The van der Waals surface area contributed by atoms with Crippen molar-refractivity contribution in [3.05, 3.63) is 65.7 Å². The van der Waals surface area contributed by atoms with Gasteiger partial charge in [-0.2, -0.15) is 4.98 Å². The Labute approximate surface area is 149 Å². The van der Waals surface area contributed by atoms with Gasteiger partial charge in [0.1, 0.15) is 12.2 Å². The van der Waals surface area contributed by atoms with Gasteiger partial charge in [-0.1, -0.05) is 48.0 Å². The third kappa shape index (κ3) is 3.04. The van der Waals surface area contributed by atoms with E-state index < -0.39 is 0 Å². The van der Waals surface area contributed by atoms with Crippen LogP contribution in [0.25, 0.3) is 22.4 Å². The monoisotopic (exact) mass is 350 g/mol. The molecular formula is C18H15ClN6. The van der Waals surface area contributed by atoms with Crippen molar-refractivity contribution in [3.8, 4) is 11.4 Å². The molecule has 0 fully saturated rings. The van der Waals surface area contributed by atoms with Crippen molar-refractivity contribution in [1.82, 2.24) is 24.5 Å². The summed E-state index contributed by atoms with van der Waals surface area (Å²) in [7, 11) is 1.95. The van der Waals surface area contributed by atoms with Gasteiger partial charge in [-0.3, -0.25) is 0 Å². The smallest absolute Gasteiger partial charge is 0.226 e. The number of para-hydroxylation sites is 1. The van der Waals surface area contributed by atoms with Crippen molar-refractivity contribution >= 4 is 28.6 Å². The summed E-state index contributed by atoms with van der Waals surface area (Å²) < 4.78 is 1.98. The summed E-state index contributed by atoms with van der Waals surface area (Å²) in [6.07, 6.45) is 1.50. The van der Waals surface area contributed by atoms with Gasteiger partial charge in [0, 0.05) is 12.6 Å². The van der Waals surface area contributed by atoms with Crippen molar-refractivity contribution in [3.63, 3.8) is 0 Å². The number of imidazole rings is 1.